The summed E-state index contributed by atoms with van der Waals surface area (Å²) in [4.78, 5) is 8.65. The molecule has 0 spiro atoms. The summed E-state index contributed by atoms with van der Waals surface area (Å²) in [5.74, 6) is 1.54. The minimum Gasteiger partial charge on any atom is -0.366 e. The van der Waals surface area contributed by atoms with Gasteiger partial charge in [0.05, 0.1) is 4.47 Å². The van der Waals surface area contributed by atoms with Crippen LogP contribution in [0, 0.1) is 0 Å². The maximum Gasteiger partial charge on any atom is 0.224 e. The van der Waals surface area contributed by atoms with E-state index in [1.165, 1.54) is 6.42 Å². The van der Waals surface area contributed by atoms with Gasteiger partial charge in [-0.1, -0.05) is 20.3 Å². The van der Waals surface area contributed by atoms with Crippen LogP contribution < -0.4 is 10.6 Å². The number of nitrogens with zero attached hydrogens (tertiary/aromatic N) is 2. The van der Waals surface area contributed by atoms with E-state index in [0.29, 0.717) is 12.0 Å². The molecule has 0 bridgehead atoms. The largest absolute Gasteiger partial charge is 0.366 e. The molecule has 1 aromatic heterocycles. The first-order valence-electron chi connectivity index (χ1n) is 6.24. The highest BCUT2D eigenvalue weighted by molar-refractivity contribution is 9.10. The number of hydrogen-bond acceptors (Lipinski definition) is 4. The Balaban J connectivity index is 2.76. The normalized spacial score (nSPS) is 12.2. The second-order valence-electron chi connectivity index (χ2n) is 3.96. The predicted molar refractivity (Wildman–Crippen MR) is 76.5 cm³/mol. The molecule has 0 saturated carbocycles. The van der Waals surface area contributed by atoms with E-state index in [9.17, 15) is 0 Å². The van der Waals surface area contributed by atoms with Crippen molar-refractivity contribution in [2.45, 2.75) is 46.1 Å². The fraction of sp³-hybridized carbons (Fsp3) is 0.667. The zero-order valence-electron chi connectivity index (χ0n) is 10.8. The molecule has 96 valence electrons. The first-order chi connectivity index (χ1) is 8.21. The molecule has 1 unspecified atom stereocenters. The van der Waals surface area contributed by atoms with Gasteiger partial charge in [0.15, 0.2) is 0 Å². The molecule has 0 aromatic carbocycles. The van der Waals surface area contributed by atoms with Crippen molar-refractivity contribution in [1.29, 1.82) is 0 Å². The Hall–Kier alpha value is -0.840. The number of anilines is 2. The van der Waals surface area contributed by atoms with Crippen LogP contribution in [0.4, 0.5) is 11.8 Å². The summed E-state index contributed by atoms with van der Waals surface area (Å²) in [5.41, 5.74) is 0. The Labute approximate surface area is 112 Å². The third-order valence-electron chi connectivity index (χ3n) is 2.55. The van der Waals surface area contributed by atoms with Crippen molar-refractivity contribution in [2.75, 3.05) is 17.2 Å². The van der Waals surface area contributed by atoms with Gasteiger partial charge >= 0.3 is 0 Å². The fourth-order valence-electron chi connectivity index (χ4n) is 1.63. The second kappa shape index (κ2) is 7.48. The summed E-state index contributed by atoms with van der Waals surface area (Å²) >= 11 is 3.48. The maximum atomic E-state index is 4.45. The van der Waals surface area contributed by atoms with E-state index in [2.05, 4.69) is 50.4 Å². The predicted octanol–water partition coefficient (Wildman–Crippen LogP) is 3.66. The van der Waals surface area contributed by atoms with Crippen molar-refractivity contribution < 1.29 is 0 Å². The topological polar surface area (TPSA) is 49.8 Å². The van der Waals surface area contributed by atoms with E-state index in [1.54, 1.807) is 6.20 Å². The SMILES string of the molecule is CCCC(CC)Nc1nc(NCC)ncc1Br. The summed E-state index contributed by atoms with van der Waals surface area (Å²) in [7, 11) is 0. The Morgan fingerprint density at radius 1 is 1.35 bits per heavy atom. The van der Waals surface area contributed by atoms with Gasteiger partial charge in [-0.3, -0.25) is 0 Å². The van der Waals surface area contributed by atoms with E-state index in [-0.39, 0.29) is 0 Å². The third-order valence-corrected chi connectivity index (χ3v) is 3.13. The van der Waals surface area contributed by atoms with Crippen LogP contribution in [0.15, 0.2) is 10.7 Å². The van der Waals surface area contributed by atoms with E-state index >= 15 is 0 Å². The Bertz CT molecular complexity index is 343. The molecule has 4 nitrogen and oxygen atoms in total. The lowest BCUT2D eigenvalue weighted by Gasteiger charge is -2.18. The Kier molecular flexibility index (Phi) is 6.26. The quantitative estimate of drug-likeness (QED) is 0.807. The van der Waals surface area contributed by atoms with Crippen molar-refractivity contribution in [1.82, 2.24) is 9.97 Å². The van der Waals surface area contributed by atoms with Crippen molar-refractivity contribution in [3.8, 4) is 0 Å². The van der Waals surface area contributed by atoms with E-state index in [1.807, 2.05) is 6.92 Å². The minimum absolute atomic E-state index is 0.473. The van der Waals surface area contributed by atoms with Crippen molar-refractivity contribution in [3.63, 3.8) is 0 Å². The lowest BCUT2D eigenvalue weighted by atomic mass is 10.1. The van der Waals surface area contributed by atoms with Gasteiger partial charge in [0.2, 0.25) is 5.95 Å². The molecular formula is C12H21BrN4. The first kappa shape index (κ1) is 14.2. The van der Waals surface area contributed by atoms with Gasteiger partial charge in [-0.05, 0) is 35.7 Å². The Morgan fingerprint density at radius 2 is 2.12 bits per heavy atom. The van der Waals surface area contributed by atoms with Gasteiger partial charge < -0.3 is 10.6 Å². The number of aromatic nitrogens is 2. The molecule has 1 heterocycles. The zero-order valence-corrected chi connectivity index (χ0v) is 12.3. The van der Waals surface area contributed by atoms with Gasteiger partial charge in [0.25, 0.3) is 0 Å². The fourth-order valence-corrected chi connectivity index (χ4v) is 1.94. The van der Waals surface area contributed by atoms with E-state index in [4.69, 9.17) is 0 Å². The molecule has 0 radical (unpaired) electrons. The molecule has 1 aromatic rings. The third kappa shape index (κ3) is 4.50. The summed E-state index contributed by atoms with van der Waals surface area (Å²) in [6.07, 6.45) is 5.21. The van der Waals surface area contributed by atoms with E-state index in [0.717, 1.165) is 29.7 Å². The molecule has 2 N–H and O–H groups in total. The minimum atomic E-state index is 0.473. The van der Waals surface area contributed by atoms with Gasteiger partial charge in [-0.25, -0.2) is 4.98 Å². The molecule has 5 heteroatoms. The van der Waals surface area contributed by atoms with E-state index < -0.39 is 0 Å². The van der Waals surface area contributed by atoms with Crippen LogP contribution in [-0.4, -0.2) is 22.6 Å². The number of halogens is 1. The van der Waals surface area contributed by atoms with Crippen LogP contribution in [0.3, 0.4) is 0 Å². The lowest BCUT2D eigenvalue weighted by molar-refractivity contribution is 0.620. The highest BCUT2D eigenvalue weighted by atomic mass is 79.9. The Morgan fingerprint density at radius 3 is 2.71 bits per heavy atom. The lowest BCUT2D eigenvalue weighted by Crippen LogP contribution is -2.19. The van der Waals surface area contributed by atoms with Crippen LogP contribution in [-0.2, 0) is 0 Å². The van der Waals surface area contributed by atoms with Crippen LogP contribution in [0.2, 0.25) is 0 Å². The number of rotatable bonds is 7. The average Bonchev–Trinajstić information content (AvgIpc) is 2.33. The van der Waals surface area contributed by atoms with Crippen molar-refractivity contribution >= 4 is 27.7 Å². The average molecular weight is 301 g/mol. The monoisotopic (exact) mass is 300 g/mol. The van der Waals surface area contributed by atoms with Gasteiger partial charge in [-0.2, -0.15) is 4.98 Å². The molecule has 0 saturated heterocycles. The molecule has 1 rings (SSSR count). The standard InChI is InChI=1S/C12H21BrN4/c1-4-7-9(5-2)16-11-10(13)8-15-12(17-11)14-6-3/h8-9H,4-7H2,1-3H3,(H2,14,15,16,17). The van der Waals surface area contributed by atoms with Crippen molar-refractivity contribution in [3.05, 3.63) is 10.7 Å². The smallest absolute Gasteiger partial charge is 0.224 e. The molecular weight excluding hydrogens is 280 g/mol. The van der Waals surface area contributed by atoms with Crippen LogP contribution in [0.25, 0.3) is 0 Å². The van der Waals surface area contributed by atoms with Crippen LogP contribution in [0.5, 0.6) is 0 Å². The van der Waals surface area contributed by atoms with Gasteiger partial charge in [0, 0.05) is 18.8 Å². The first-order valence-corrected chi connectivity index (χ1v) is 7.03. The molecule has 17 heavy (non-hydrogen) atoms. The molecule has 0 aliphatic carbocycles. The van der Waals surface area contributed by atoms with Crippen LogP contribution >= 0.6 is 15.9 Å². The summed E-state index contributed by atoms with van der Waals surface area (Å²) in [5, 5.41) is 6.57. The van der Waals surface area contributed by atoms with Gasteiger partial charge in [0.1, 0.15) is 5.82 Å². The van der Waals surface area contributed by atoms with Crippen LogP contribution in [0.1, 0.15) is 40.0 Å². The highest BCUT2D eigenvalue weighted by Crippen LogP contribution is 2.22. The summed E-state index contributed by atoms with van der Waals surface area (Å²) < 4.78 is 0.911. The molecule has 0 aliphatic rings. The molecule has 1 atom stereocenters. The van der Waals surface area contributed by atoms with Crippen molar-refractivity contribution in [2.24, 2.45) is 0 Å². The molecule has 0 fully saturated rings. The summed E-state index contributed by atoms with van der Waals surface area (Å²) in [6, 6.07) is 0.473. The zero-order chi connectivity index (χ0) is 12.7. The number of nitrogens with one attached hydrogen (secondary N) is 2. The maximum absolute atomic E-state index is 4.45. The highest BCUT2D eigenvalue weighted by Gasteiger charge is 2.09. The van der Waals surface area contributed by atoms with Gasteiger partial charge in [-0.15, -0.1) is 0 Å². The number of hydrogen-bond donors (Lipinski definition) is 2. The summed E-state index contributed by atoms with van der Waals surface area (Å²) in [6.45, 7) is 7.24. The molecule has 0 aliphatic heterocycles. The second-order valence-corrected chi connectivity index (χ2v) is 4.81. The molecule has 0 amide bonds.